The molecule has 2 aromatic rings. The molecule has 1 fully saturated rings. The topological polar surface area (TPSA) is 85.8 Å². The number of carbonyl (C=O) groups excluding carboxylic acids is 1. The Hall–Kier alpha value is -1.37. The SMILES string of the molecule is Cc1nc2c(cnn2C(C)C)cc1C(=O)NC1CCCCC1CN.Cl.Cl. The number of fused-ring (bicyclic) bond motifs is 1. The molecule has 1 saturated carbocycles. The maximum Gasteiger partial charge on any atom is 0.253 e. The normalized spacial score (nSPS) is 19.7. The maximum absolute atomic E-state index is 12.8. The van der Waals surface area contributed by atoms with Gasteiger partial charge in [-0.2, -0.15) is 5.10 Å². The number of aromatic nitrogens is 3. The Morgan fingerprint density at radius 1 is 1.35 bits per heavy atom. The van der Waals surface area contributed by atoms with Gasteiger partial charge in [-0.3, -0.25) is 4.79 Å². The van der Waals surface area contributed by atoms with Crippen molar-refractivity contribution in [2.24, 2.45) is 11.7 Å². The van der Waals surface area contributed by atoms with Gasteiger partial charge in [0.25, 0.3) is 5.91 Å². The monoisotopic (exact) mass is 401 g/mol. The molecule has 8 heteroatoms. The Morgan fingerprint density at radius 2 is 2.04 bits per heavy atom. The molecule has 6 nitrogen and oxygen atoms in total. The first-order valence-electron chi connectivity index (χ1n) is 8.87. The molecular formula is C18H29Cl2N5O. The van der Waals surface area contributed by atoms with Gasteiger partial charge in [0.15, 0.2) is 5.65 Å². The summed E-state index contributed by atoms with van der Waals surface area (Å²) in [5, 5.41) is 8.47. The third-order valence-electron chi connectivity index (χ3n) is 5.02. The van der Waals surface area contributed by atoms with Crippen LogP contribution < -0.4 is 11.1 Å². The van der Waals surface area contributed by atoms with Gasteiger partial charge in [-0.15, -0.1) is 24.8 Å². The summed E-state index contributed by atoms with van der Waals surface area (Å²) in [7, 11) is 0. The molecule has 2 atom stereocenters. The van der Waals surface area contributed by atoms with Crippen molar-refractivity contribution >= 4 is 41.8 Å². The van der Waals surface area contributed by atoms with Crippen molar-refractivity contribution < 1.29 is 4.79 Å². The zero-order valence-electron chi connectivity index (χ0n) is 15.6. The first kappa shape index (κ1) is 22.7. The van der Waals surface area contributed by atoms with E-state index in [0.717, 1.165) is 36.0 Å². The third-order valence-corrected chi connectivity index (χ3v) is 5.02. The Morgan fingerprint density at radius 3 is 2.69 bits per heavy atom. The van der Waals surface area contributed by atoms with E-state index in [1.807, 2.05) is 17.7 Å². The molecular weight excluding hydrogens is 373 g/mol. The minimum atomic E-state index is -0.0513. The Labute approximate surface area is 167 Å². The average molecular weight is 402 g/mol. The molecule has 26 heavy (non-hydrogen) atoms. The number of hydrogen-bond acceptors (Lipinski definition) is 4. The molecule has 0 bridgehead atoms. The number of carbonyl (C=O) groups is 1. The van der Waals surface area contributed by atoms with Gasteiger partial charge >= 0.3 is 0 Å². The molecule has 2 unspecified atom stereocenters. The number of pyridine rings is 1. The molecule has 3 rings (SSSR count). The van der Waals surface area contributed by atoms with E-state index >= 15 is 0 Å². The van der Waals surface area contributed by atoms with Crippen molar-refractivity contribution in [2.75, 3.05) is 6.54 Å². The van der Waals surface area contributed by atoms with E-state index in [1.54, 1.807) is 6.20 Å². The number of nitrogens with one attached hydrogen (secondary N) is 1. The number of amides is 1. The molecule has 1 aliphatic rings. The summed E-state index contributed by atoms with van der Waals surface area (Å²) in [5.74, 6) is 0.327. The summed E-state index contributed by atoms with van der Waals surface area (Å²) in [5.41, 5.74) is 8.07. The second kappa shape index (κ2) is 9.53. The Kier molecular flexibility index (Phi) is 8.31. The molecule has 146 valence electrons. The highest BCUT2D eigenvalue weighted by molar-refractivity contribution is 5.98. The lowest BCUT2D eigenvalue weighted by Crippen LogP contribution is -2.44. The van der Waals surface area contributed by atoms with Crippen LogP contribution in [0.15, 0.2) is 12.3 Å². The van der Waals surface area contributed by atoms with E-state index < -0.39 is 0 Å². The molecule has 0 saturated heterocycles. The highest BCUT2D eigenvalue weighted by Crippen LogP contribution is 2.25. The van der Waals surface area contributed by atoms with E-state index in [0.29, 0.717) is 18.0 Å². The smallest absolute Gasteiger partial charge is 0.253 e. The molecule has 3 N–H and O–H groups in total. The molecule has 0 aromatic carbocycles. The lowest BCUT2D eigenvalue weighted by atomic mass is 9.84. The van der Waals surface area contributed by atoms with E-state index in [-0.39, 0.29) is 42.8 Å². The predicted molar refractivity (Wildman–Crippen MR) is 109 cm³/mol. The summed E-state index contributed by atoms with van der Waals surface area (Å²) in [6.07, 6.45) is 6.24. The van der Waals surface area contributed by atoms with E-state index in [1.165, 1.54) is 6.42 Å². The second-order valence-electron chi connectivity index (χ2n) is 7.08. The minimum Gasteiger partial charge on any atom is -0.349 e. The first-order valence-corrected chi connectivity index (χ1v) is 8.87. The van der Waals surface area contributed by atoms with Gasteiger partial charge in [0.05, 0.1) is 17.5 Å². The fourth-order valence-corrected chi connectivity index (χ4v) is 3.60. The van der Waals surface area contributed by atoms with Crippen molar-refractivity contribution in [3.63, 3.8) is 0 Å². The maximum atomic E-state index is 12.8. The van der Waals surface area contributed by atoms with Crippen molar-refractivity contribution in [1.82, 2.24) is 20.1 Å². The summed E-state index contributed by atoms with van der Waals surface area (Å²) in [6, 6.07) is 2.31. The minimum absolute atomic E-state index is 0. The Balaban J connectivity index is 0.00000169. The van der Waals surface area contributed by atoms with E-state index in [2.05, 4.69) is 29.2 Å². The quantitative estimate of drug-likeness (QED) is 0.821. The molecule has 0 aliphatic heterocycles. The van der Waals surface area contributed by atoms with Gasteiger partial charge in [0, 0.05) is 17.5 Å². The highest BCUT2D eigenvalue weighted by atomic mass is 35.5. The van der Waals surface area contributed by atoms with Crippen LogP contribution in [0.25, 0.3) is 11.0 Å². The fraction of sp³-hybridized carbons (Fsp3) is 0.611. The van der Waals surface area contributed by atoms with Crippen molar-refractivity contribution in [2.45, 2.75) is 58.5 Å². The molecule has 2 heterocycles. The van der Waals surface area contributed by atoms with Crippen LogP contribution in [0.2, 0.25) is 0 Å². The van der Waals surface area contributed by atoms with Crippen LogP contribution in [0.1, 0.15) is 61.6 Å². The number of rotatable bonds is 4. The van der Waals surface area contributed by atoms with Gasteiger partial charge in [-0.05, 0) is 52.1 Å². The fourth-order valence-electron chi connectivity index (χ4n) is 3.60. The zero-order chi connectivity index (χ0) is 17.3. The second-order valence-corrected chi connectivity index (χ2v) is 7.08. The van der Waals surface area contributed by atoms with Gasteiger partial charge < -0.3 is 11.1 Å². The lowest BCUT2D eigenvalue weighted by Gasteiger charge is -2.31. The standard InChI is InChI=1S/C18H27N5O.2ClH/c1-11(2)23-17-14(10-20-23)8-15(12(3)21-17)18(24)22-16-7-5-4-6-13(16)9-19;;/h8,10-11,13,16H,4-7,9,19H2,1-3H3,(H,22,24);2*1H. The number of nitrogens with two attached hydrogens (primary N) is 1. The van der Waals surface area contributed by atoms with Gasteiger partial charge in [-0.25, -0.2) is 9.67 Å². The zero-order valence-corrected chi connectivity index (χ0v) is 17.2. The van der Waals surface area contributed by atoms with Gasteiger partial charge in [0.2, 0.25) is 0 Å². The van der Waals surface area contributed by atoms with Crippen molar-refractivity contribution in [3.8, 4) is 0 Å². The van der Waals surface area contributed by atoms with Gasteiger partial charge in [-0.1, -0.05) is 12.8 Å². The lowest BCUT2D eigenvalue weighted by molar-refractivity contribution is 0.0907. The third kappa shape index (κ3) is 4.48. The van der Waals surface area contributed by atoms with Crippen molar-refractivity contribution in [1.29, 1.82) is 0 Å². The molecule has 2 aromatic heterocycles. The highest BCUT2D eigenvalue weighted by Gasteiger charge is 2.26. The number of aryl methyl sites for hydroxylation is 1. The largest absolute Gasteiger partial charge is 0.349 e. The summed E-state index contributed by atoms with van der Waals surface area (Å²) >= 11 is 0. The van der Waals surface area contributed by atoms with Crippen molar-refractivity contribution in [3.05, 3.63) is 23.5 Å². The number of halogens is 2. The summed E-state index contributed by atoms with van der Waals surface area (Å²) in [4.78, 5) is 17.4. The van der Waals surface area contributed by atoms with Crippen LogP contribution in [0.5, 0.6) is 0 Å². The van der Waals surface area contributed by atoms with E-state index in [4.69, 9.17) is 5.73 Å². The Bertz CT molecular complexity index is 747. The van der Waals surface area contributed by atoms with Crippen LogP contribution in [-0.4, -0.2) is 33.3 Å². The van der Waals surface area contributed by atoms with Crippen LogP contribution in [0, 0.1) is 12.8 Å². The molecule has 1 aliphatic carbocycles. The summed E-state index contributed by atoms with van der Waals surface area (Å²) < 4.78 is 1.88. The molecule has 1 amide bonds. The first-order chi connectivity index (χ1) is 11.5. The van der Waals surface area contributed by atoms with Crippen LogP contribution in [0.3, 0.4) is 0 Å². The van der Waals surface area contributed by atoms with E-state index in [9.17, 15) is 4.79 Å². The number of hydrogen-bond donors (Lipinski definition) is 2. The molecule has 0 radical (unpaired) electrons. The summed E-state index contributed by atoms with van der Waals surface area (Å²) in [6.45, 7) is 6.65. The van der Waals surface area contributed by atoms with Crippen LogP contribution in [0.4, 0.5) is 0 Å². The average Bonchev–Trinajstić information content (AvgIpc) is 2.97. The van der Waals surface area contributed by atoms with Gasteiger partial charge in [0.1, 0.15) is 0 Å². The predicted octanol–water partition coefficient (Wildman–Crippen LogP) is 3.41. The molecule has 0 spiro atoms. The van der Waals surface area contributed by atoms with Crippen LogP contribution in [-0.2, 0) is 0 Å². The number of nitrogens with zero attached hydrogens (tertiary/aromatic N) is 3. The van der Waals surface area contributed by atoms with Crippen LogP contribution >= 0.6 is 24.8 Å².